The highest BCUT2D eigenvalue weighted by molar-refractivity contribution is 5.55. The molecule has 0 spiro atoms. The minimum atomic E-state index is -0.408. The molecule has 2 nitrogen and oxygen atoms in total. The van der Waals surface area contributed by atoms with Crippen molar-refractivity contribution in [3.05, 3.63) is 201 Å². The van der Waals surface area contributed by atoms with Crippen LogP contribution in [0.3, 0.4) is 0 Å². The van der Waals surface area contributed by atoms with Crippen LogP contribution in [0.4, 0.5) is 0 Å². The molecule has 0 aliphatic carbocycles. The third-order valence-corrected chi connectivity index (χ3v) is 8.93. The Kier molecular flexibility index (Phi) is 8.84. The van der Waals surface area contributed by atoms with Gasteiger partial charge in [0.2, 0.25) is 0 Å². The largest absolute Gasteiger partial charge is 0.507 e. The zero-order valence-corrected chi connectivity index (χ0v) is 26.1. The van der Waals surface area contributed by atoms with Crippen LogP contribution in [0.5, 0.6) is 11.5 Å². The van der Waals surface area contributed by atoms with Crippen LogP contribution < -0.4 is 0 Å². The smallest absolute Gasteiger partial charge is 0.122 e. The zero-order chi connectivity index (χ0) is 31.2. The normalized spacial score (nSPS) is 11.4. The van der Waals surface area contributed by atoms with Crippen LogP contribution in [-0.4, -0.2) is 10.2 Å². The summed E-state index contributed by atoms with van der Waals surface area (Å²) in [7, 11) is 0. The molecule has 0 unspecified atom stereocenters. The Morgan fingerprint density at radius 1 is 0.378 bits per heavy atom. The predicted molar refractivity (Wildman–Crippen MR) is 185 cm³/mol. The van der Waals surface area contributed by atoms with Crippen LogP contribution in [0, 0.1) is 0 Å². The zero-order valence-electron chi connectivity index (χ0n) is 26.1. The van der Waals surface area contributed by atoms with Gasteiger partial charge < -0.3 is 10.2 Å². The number of phenolic OH excluding ortho intramolecular Hbond substituents is 2. The molecule has 45 heavy (non-hydrogen) atoms. The number of hydrogen-bond acceptors (Lipinski definition) is 2. The van der Waals surface area contributed by atoms with Gasteiger partial charge in [-0.2, -0.15) is 0 Å². The average Bonchev–Trinajstić information content (AvgIpc) is 3.06. The first-order valence-electron chi connectivity index (χ1n) is 15.7. The molecule has 0 saturated carbocycles. The Labute approximate surface area is 267 Å². The topological polar surface area (TPSA) is 40.5 Å². The van der Waals surface area contributed by atoms with Gasteiger partial charge in [-0.15, -0.1) is 0 Å². The monoisotopic (exact) mass is 588 g/mol. The molecule has 0 aromatic heterocycles. The minimum absolute atomic E-state index is 0.363. The van der Waals surface area contributed by atoms with E-state index in [1.807, 2.05) is 72.8 Å². The van der Waals surface area contributed by atoms with Crippen molar-refractivity contribution in [1.82, 2.24) is 0 Å². The van der Waals surface area contributed by atoms with E-state index in [2.05, 4.69) is 86.6 Å². The van der Waals surface area contributed by atoms with E-state index in [1.54, 1.807) is 0 Å². The summed E-state index contributed by atoms with van der Waals surface area (Å²) >= 11 is 0. The van der Waals surface area contributed by atoms with Crippen molar-refractivity contribution in [3.8, 4) is 11.5 Å². The van der Waals surface area contributed by atoms with Crippen molar-refractivity contribution >= 4 is 0 Å². The number of aromatic hydroxyl groups is 2. The van der Waals surface area contributed by atoms with E-state index >= 15 is 0 Å². The number of rotatable bonds is 10. The Balaban J connectivity index is 1.47. The Morgan fingerprint density at radius 2 is 0.600 bits per heavy atom. The van der Waals surface area contributed by atoms with Crippen molar-refractivity contribution in [1.29, 1.82) is 0 Å². The molecule has 0 heterocycles. The van der Waals surface area contributed by atoms with Crippen LogP contribution in [0.25, 0.3) is 0 Å². The maximum absolute atomic E-state index is 11.6. The van der Waals surface area contributed by atoms with Crippen molar-refractivity contribution in [2.75, 3.05) is 0 Å². The van der Waals surface area contributed by atoms with Gasteiger partial charge in [0, 0.05) is 31.1 Å². The highest BCUT2D eigenvalue weighted by Crippen LogP contribution is 2.40. The van der Waals surface area contributed by atoms with E-state index in [9.17, 15) is 10.2 Å². The summed E-state index contributed by atoms with van der Waals surface area (Å²) in [4.78, 5) is 0. The van der Waals surface area contributed by atoms with E-state index in [0.29, 0.717) is 37.2 Å². The van der Waals surface area contributed by atoms with Crippen molar-refractivity contribution in [2.45, 2.75) is 44.9 Å². The van der Waals surface area contributed by atoms with Crippen LogP contribution in [0.1, 0.15) is 69.5 Å². The lowest BCUT2D eigenvalue weighted by Gasteiger charge is -2.30. The van der Waals surface area contributed by atoms with E-state index in [4.69, 9.17) is 0 Å². The fourth-order valence-corrected chi connectivity index (χ4v) is 6.21. The van der Waals surface area contributed by atoms with Gasteiger partial charge in [-0.3, -0.25) is 0 Å². The maximum Gasteiger partial charge on any atom is 0.122 e. The molecular formula is C43H40O2. The molecule has 0 aliphatic heterocycles. The highest BCUT2D eigenvalue weighted by atomic mass is 16.3. The number of hydrogen-bond donors (Lipinski definition) is 2. The summed E-state index contributed by atoms with van der Waals surface area (Å²) in [5.74, 6) is 0.727. The van der Waals surface area contributed by atoms with Crippen LogP contribution >= 0.6 is 0 Å². The highest BCUT2D eigenvalue weighted by Gasteiger charge is 2.28. The third kappa shape index (κ3) is 7.02. The SMILES string of the molecule is CC(C)(c1cc(Cc2ccccc2)c(O)c(Cc2ccccc2)c1)c1cc(Cc2ccccc2)c(O)c(Cc2ccccc2)c1. The molecule has 2 N–H and O–H groups in total. The van der Waals surface area contributed by atoms with Crippen molar-refractivity contribution in [3.63, 3.8) is 0 Å². The van der Waals surface area contributed by atoms with Crippen LogP contribution in [0.2, 0.25) is 0 Å². The quantitative estimate of drug-likeness (QED) is 0.167. The molecule has 2 heteroatoms. The van der Waals surface area contributed by atoms with E-state index in [-0.39, 0.29) is 0 Å². The Morgan fingerprint density at radius 3 is 0.822 bits per heavy atom. The summed E-state index contributed by atoms with van der Waals surface area (Å²) in [6, 6.07) is 50.1. The summed E-state index contributed by atoms with van der Waals surface area (Å²) in [6.45, 7) is 4.51. The third-order valence-electron chi connectivity index (χ3n) is 8.93. The molecule has 6 aromatic rings. The molecule has 0 atom stereocenters. The second-order valence-corrected chi connectivity index (χ2v) is 12.6. The number of benzene rings is 6. The van der Waals surface area contributed by atoms with Crippen LogP contribution in [0.15, 0.2) is 146 Å². The summed E-state index contributed by atoms with van der Waals surface area (Å²) in [5.41, 5.74) is 10.2. The first-order chi connectivity index (χ1) is 21.9. The molecule has 6 rings (SSSR count). The molecule has 0 fully saturated rings. The fraction of sp³-hybridized carbons (Fsp3) is 0.163. The molecule has 0 bridgehead atoms. The molecule has 0 saturated heterocycles. The Hall–Kier alpha value is -5.08. The maximum atomic E-state index is 11.6. The van der Waals surface area contributed by atoms with Gasteiger partial charge in [-0.05, 0) is 55.6 Å². The first-order valence-corrected chi connectivity index (χ1v) is 15.7. The van der Waals surface area contributed by atoms with E-state index in [1.165, 1.54) is 0 Å². The molecule has 6 aromatic carbocycles. The van der Waals surface area contributed by atoms with Gasteiger partial charge in [0.25, 0.3) is 0 Å². The van der Waals surface area contributed by atoms with Gasteiger partial charge in [0.15, 0.2) is 0 Å². The molecule has 0 amide bonds. The molecule has 0 radical (unpaired) electrons. The van der Waals surface area contributed by atoms with Gasteiger partial charge in [-0.1, -0.05) is 159 Å². The summed E-state index contributed by atoms with van der Waals surface area (Å²) in [6.07, 6.45) is 2.58. The standard InChI is InChI=1S/C43H40O2/c1-43(2,39-27-35(23-31-15-7-3-8-16-31)41(44)36(28-39)24-32-17-9-4-10-18-32)40-29-37(25-33-19-11-5-12-20-33)42(45)38(30-40)26-34-21-13-6-14-22-34/h3-22,27-30,44-45H,23-26H2,1-2H3. The Bertz CT molecular complexity index is 1590. The molecular weight excluding hydrogens is 548 g/mol. The first kappa shape index (κ1) is 30.0. The van der Waals surface area contributed by atoms with Crippen LogP contribution in [-0.2, 0) is 31.1 Å². The minimum Gasteiger partial charge on any atom is -0.507 e. The fourth-order valence-electron chi connectivity index (χ4n) is 6.21. The van der Waals surface area contributed by atoms with Crippen molar-refractivity contribution in [2.24, 2.45) is 0 Å². The molecule has 0 aliphatic rings. The van der Waals surface area contributed by atoms with Gasteiger partial charge >= 0.3 is 0 Å². The van der Waals surface area contributed by atoms with Gasteiger partial charge in [0.1, 0.15) is 11.5 Å². The van der Waals surface area contributed by atoms with E-state index < -0.39 is 5.41 Å². The number of phenols is 2. The predicted octanol–water partition coefficient (Wildman–Crippen LogP) is 9.79. The summed E-state index contributed by atoms with van der Waals surface area (Å²) < 4.78 is 0. The second kappa shape index (κ2) is 13.3. The lowest BCUT2D eigenvalue weighted by Crippen LogP contribution is -2.21. The van der Waals surface area contributed by atoms with Gasteiger partial charge in [-0.25, -0.2) is 0 Å². The van der Waals surface area contributed by atoms with E-state index in [0.717, 1.165) is 55.6 Å². The molecule has 224 valence electrons. The second-order valence-electron chi connectivity index (χ2n) is 12.6. The van der Waals surface area contributed by atoms with Gasteiger partial charge in [0.05, 0.1) is 0 Å². The lowest BCUT2D eigenvalue weighted by atomic mass is 9.74. The average molecular weight is 589 g/mol. The summed E-state index contributed by atoms with van der Waals surface area (Å²) in [5, 5.41) is 23.2. The lowest BCUT2D eigenvalue weighted by molar-refractivity contribution is 0.461. The van der Waals surface area contributed by atoms with Crippen molar-refractivity contribution < 1.29 is 10.2 Å².